The minimum atomic E-state index is 0.790. The first-order valence-electron chi connectivity index (χ1n) is 6.44. The Morgan fingerprint density at radius 3 is 2.40 bits per heavy atom. The average molecular weight is 335 g/mol. The van der Waals surface area contributed by atoms with Gasteiger partial charge >= 0.3 is 0 Å². The summed E-state index contributed by atoms with van der Waals surface area (Å²) in [5.41, 5.74) is 3.50. The molecule has 0 saturated carbocycles. The number of ether oxygens (including phenoxy) is 1. The molecule has 0 unspecified atom stereocenters. The van der Waals surface area contributed by atoms with Gasteiger partial charge in [0.25, 0.3) is 0 Å². The number of nitrogens with zero attached hydrogens (tertiary/aromatic N) is 1. The van der Waals surface area contributed by atoms with Crippen LogP contribution in [0.15, 0.2) is 46.9 Å². The topological polar surface area (TPSA) is 24.5 Å². The van der Waals surface area contributed by atoms with Gasteiger partial charge in [0.2, 0.25) is 0 Å². The second-order valence-corrected chi connectivity index (χ2v) is 5.62. The minimum absolute atomic E-state index is 0.790. The molecule has 0 spiro atoms. The monoisotopic (exact) mass is 334 g/mol. The van der Waals surface area contributed by atoms with Gasteiger partial charge in [-0.25, -0.2) is 0 Å². The third-order valence-corrected chi connectivity index (χ3v) is 3.76. The molecule has 0 amide bonds. The Balaban J connectivity index is 2.01. The van der Waals surface area contributed by atoms with Crippen molar-refractivity contribution in [3.8, 4) is 5.75 Å². The number of halogens is 1. The molecule has 0 bridgehead atoms. The van der Waals surface area contributed by atoms with Gasteiger partial charge in [-0.15, -0.1) is 0 Å². The second-order valence-electron chi connectivity index (χ2n) is 4.76. The predicted molar refractivity (Wildman–Crippen MR) is 88.8 cm³/mol. The SMILES string of the molecule is COc1cc(NCc2ccc(N(C)C)cc2)ccc1Br. The van der Waals surface area contributed by atoms with E-state index < -0.39 is 0 Å². The number of hydrogen-bond donors (Lipinski definition) is 1. The van der Waals surface area contributed by atoms with Gasteiger partial charge in [-0.05, 0) is 45.8 Å². The molecule has 2 rings (SSSR count). The summed E-state index contributed by atoms with van der Waals surface area (Å²) in [5, 5.41) is 3.40. The summed E-state index contributed by atoms with van der Waals surface area (Å²) in [6.07, 6.45) is 0. The van der Waals surface area contributed by atoms with Crippen LogP contribution in [0.5, 0.6) is 5.75 Å². The molecule has 0 atom stereocenters. The van der Waals surface area contributed by atoms with E-state index in [4.69, 9.17) is 4.74 Å². The maximum atomic E-state index is 5.29. The Hall–Kier alpha value is -1.68. The van der Waals surface area contributed by atoms with Crippen molar-refractivity contribution in [2.24, 2.45) is 0 Å². The highest BCUT2D eigenvalue weighted by Gasteiger charge is 2.02. The van der Waals surface area contributed by atoms with Crippen LogP contribution in [-0.2, 0) is 6.54 Å². The van der Waals surface area contributed by atoms with E-state index in [1.54, 1.807) is 7.11 Å². The Morgan fingerprint density at radius 2 is 1.80 bits per heavy atom. The van der Waals surface area contributed by atoms with Crippen molar-refractivity contribution in [3.63, 3.8) is 0 Å². The van der Waals surface area contributed by atoms with Gasteiger partial charge in [-0.3, -0.25) is 0 Å². The van der Waals surface area contributed by atoms with Crippen LogP contribution < -0.4 is 15.0 Å². The quantitative estimate of drug-likeness (QED) is 0.889. The zero-order valence-electron chi connectivity index (χ0n) is 12.0. The van der Waals surface area contributed by atoms with Gasteiger partial charge in [0.05, 0.1) is 11.6 Å². The third kappa shape index (κ3) is 3.67. The summed E-state index contributed by atoms with van der Waals surface area (Å²) in [6, 6.07) is 14.5. The second kappa shape index (κ2) is 6.66. The van der Waals surface area contributed by atoms with E-state index in [1.165, 1.54) is 11.3 Å². The molecule has 0 fully saturated rings. The van der Waals surface area contributed by atoms with Crippen LogP contribution in [0.4, 0.5) is 11.4 Å². The lowest BCUT2D eigenvalue weighted by atomic mass is 10.2. The maximum absolute atomic E-state index is 5.29. The van der Waals surface area contributed by atoms with E-state index >= 15 is 0 Å². The van der Waals surface area contributed by atoms with Crippen molar-refractivity contribution in [1.82, 2.24) is 0 Å². The zero-order chi connectivity index (χ0) is 14.5. The summed E-state index contributed by atoms with van der Waals surface area (Å²) < 4.78 is 6.25. The number of methoxy groups -OCH3 is 1. The lowest BCUT2D eigenvalue weighted by Crippen LogP contribution is -2.08. The Kier molecular flexibility index (Phi) is 4.90. The number of benzene rings is 2. The lowest BCUT2D eigenvalue weighted by molar-refractivity contribution is 0.412. The number of anilines is 2. The molecular formula is C16H19BrN2O. The van der Waals surface area contributed by atoms with Crippen molar-refractivity contribution in [3.05, 3.63) is 52.5 Å². The first-order valence-corrected chi connectivity index (χ1v) is 7.23. The van der Waals surface area contributed by atoms with E-state index in [2.05, 4.69) is 50.4 Å². The third-order valence-electron chi connectivity index (χ3n) is 3.10. The average Bonchev–Trinajstić information content (AvgIpc) is 2.46. The van der Waals surface area contributed by atoms with Crippen molar-refractivity contribution in [1.29, 1.82) is 0 Å². The van der Waals surface area contributed by atoms with E-state index in [0.717, 1.165) is 22.5 Å². The predicted octanol–water partition coefficient (Wildman–Crippen LogP) is 4.14. The van der Waals surface area contributed by atoms with Crippen molar-refractivity contribution in [2.75, 3.05) is 31.4 Å². The molecule has 0 aliphatic heterocycles. The molecule has 20 heavy (non-hydrogen) atoms. The molecule has 0 aromatic heterocycles. The van der Waals surface area contributed by atoms with Crippen LogP contribution in [0.2, 0.25) is 0 Å². The Bertz CT molecular complexity index is 567. The van der Waals surface area contributed by atoms with Crippen molar-refractivity contribution >= 4 is 27.3 Å². The molecule has 0 heterocycles. The van der Waals surface area contributed by atoms with E-state index in [0.29, 0.717) is 0 Å². The smallest absolute Gasteiger partial charge is 0.135 e. The zero-order valence-corrected chi connectivity index (χ0v) is 13.6. The van der Waals surface area contributed by atoms with Crippen LogP contribution in [0.25, 0.3) is 0 Å². The van der Waals surface area contributed by atoms with Gasteiger partial charge in [0.15, 0.2) is 0 Å². The van der Waals surface area contributed by atoms with E-state index in [1.807, 2.05) is 32.3 Å². The highest BCUT2D eigenvalue weighted by molar-refractivity contribution is 9.10. The van der Waals surface area contributed by atoms with Gasteiger partial charge in [-0.2, -0.15) is 0 Å². The van der Waals surface area contributed by atoms with Crippen molar-refractivity contribution < 1.29 is 4.74 Å². The number of nitrogens with one attached hydrogen (secondary N) is 1. The largest absolute Gasteiger partial charge is 0.495 e. The van der Waals surface area contributed by atoms with E-state index in [-0.39, 0.29) is 0 Å². The molecule has 2 aromatic carbocycles. The van der Waals surface area contributed by atoms with Gasteiger partial charge in [0.1, 0.15) is 5.75 Å². The molecule has 0 aliphatic rings. The summed E-state index contributed by atoms with van der Waals surface area (Å²) >= 11 is 3.45. The Labute approximate surface area is 128 Å². The summed E-state index contributed by atoms with van der Waals surface area (Å²) in [7, 11) is 5.76. The summed E-state index contributed by atoms with van der Waals surface area (Å²) in [6.45, 7) is 0.790. The van der Waals surface area contributed by atoms with Crippen LogP contribution in [0.1, 0.15) is 5.56 Å². The minimum Gasteiger partial charge on any atom is -0.495 e. The number of rotatable bonds is 5. The molecular weight excluding hydrogens is 316 g/mol. The van der Waals surface area contributed by atoms with Gasteiger partial charge in [-0.1, -0.05) is 12.1 Å². The molecule has 1 N–H and O–H groups in total. The highest BCUT2D eigenvalue weighted by atomic mass is 79.9. The molecule has 0 aliphatic carbocycles. The standard InChI is InChI=1S/C16H19BrN2O/c1-19(2)14-7-4-12(5-8-14)11-18-13-6-9-15(17)16(10-13)20-3/h4-10,18H,11H2,1-3H3. The summed E-state index contributed by atoms with van der Waals surface area (Å²) in [5.74, 6) is 0.831. The molecule has 3 nitrogen and oxygen atoms in total. The normalized spacial score (nSPS) is 10.2. The van der Waals surface area contributed by atoms with E-state index in [9.17, 15) is 0 Å². The molecule has 2 aromatic rings. The first kappa shape index (κ1) is 14.7. The fourth-order valence-corrected chi connectivity index (χ4v) is 2.29. The fraction of sp³-hybridized carbons (Fsp3) is 0.250. The van der Waals surface area contributed by atoms with Crippen LogP contribution in [0, 0.1) is 0 Å². The van der Waals surface area contributed by atoms with Crippen LogP contribution in [-0.4, -0.2) is 21.2 Å². The molecule has 106 valence electrons. The van der Waals surface area contributed by atoms with Gasteiger partial charge < -0.3 is 15.0 Å². The molecule has 4 heteroatoms. The Morgan fingerprint density at radius 1 is 1.10 bits per heavy atom. The lowest BCUT2D eigenvalue weighted by Gasteiger charge is -2.13. The number of hydrogen-bond acceptors (Lipinski definition) is 3. The molecule has 0 radical (unpaired) electrons. The fourth-order valence-electron chi connectivity index (χ4n) is 1.89. The van der Waals surface area contributed by atoms with Gasteiger partial charge in [0, 0.05) is 38.1 Å². The first-order chi connectivity index (χ1) is 9.60. The van der Waals surface area contributed by atoms with Crippen LogP contribution >= 0.6 is 15.9 Å². The highest BCUT2D eigenvalue weighted by Crippen LogP contribution is 2.28. The summed E-state index contributed by atoms with van der Waals surface area (Å²) in [4.78, 5) is 2.09. The van der Waals surface area contributed by atoms with Crippen LogP contribution in [0.3, 0.4) is 0 Å². The maximum Gasteiger partial charge on any atom is 0.135 e. The molecule has 0 saturated heterocycles. The van der Waals surface area contributed by atoms with Crippen molar-refractivity contribution in [2.45, 2.75) is 6.54 Å².